The van der Waals surface area contributed by atoms with Crippen molar-refractivity contribution in [2.45, 2.75) is 6.04 Å². The predicted molar refractivity (Wildman–Crippen MR) is 124 cm³/mol. The molecular weight excluding hydrogens is 392 g/mol. The number of benzene rings is 2. The first-order chi connectivity index (χ1) is 15.0. The Hall–Kier alpha value is -2.77. The summed E-state index contributed by atoms with van der Waals surface area (Å²) in [5.41, 5.74) is 2.38. The average Bonchev–Trinajstić information content (AvgIpc) is 2.79. The van der Waals surface area contributed by atoms with Gasteiger partial charge in [0.05, 0.1) is 13.2 Å². The Bertz CT molecular complexity index is 833. The number of carbonyl (C=O) groups excluding carboxylic acids is 1. The van der Waals surface area contributed by atoms with Gasteiger partial charge in [0.1, 0.15) is 11.5 Å². The molecular formula is C24H34N4O3. The van der Waals surface area contributed by atoms with E-state index in [1.165, 1.54) is 5.56 Å². The Morgan fingerprint density at radius 2 is 1.74 bits per heavy atom. The Balaban J connectivity index is 1.61. The molecule has 168 valence electrons. The van der Waals surface area contributed by atoms with Gasteiger partial charge in [0.25, 0.3) is 5.91 Å². The molecule has 0 saturated carbocycles. The van der Waals surface area contributed by atoms with Crippen LogP contribution >= 0.6 is 0 Å². The van der Waals surface area contributed by atoms with Crippen LogP contribution in [0.25, 0.3) is 0 Å². The number of nitrogens with zero attached hydrogens (tertiary/aromatic N) is 3. The van der Waals surface area contributed by atoms with Crippen LogP contribution in [0.5, 0.6) is 11.5 Å². The quantitative estimate of drug-likeness (QED) is 0.664. The monoisotopic (exact) mass is 426 g/mol. The highest BCUT2D eigenvalue weighted by molar-refractivity contribution is 5.77. The summed E-state index contributed by atoms with van der Waals surface area (Å²) in [7, 11) is 7.83. The first kappa shape index (κ1) is 22.9. The third-order valence-corrected chi connectivity index (χ3v) is 5.68. The van der Waals surface area contributed by atoms with Crippen molar-refractivity contribution in [3.63, 3.8) is 0 Å². The minimum absolute atomic E-state index is 0.0256. The molecule has 1 heterocycles. The van der Waals surface area contributed by atoms with Gasteiger partial charge >= 0.3 is 0 Å². The van der Waals surface area contributed by atoms with Crippen molar-refractivity contribution in [3.05, 3.63) is 54.1 Å². The van der Waals surface area contributed by atoms with Crippen LogP contribution in [-0.4, -0.2) is 83.3 Å². The Labute approximate surface area is 185 Å². The lowest BCUT2D eigenvalue weighted by atomic mass is 10.0. The highest BCUT2D eigenvalue weighted by atomic mass is 16.5. The molecule has 2 aromatic carbocycles. The zero-order valence-electron chi connectivity index (χ0n) is 19.0. The van der Waals surface area contributed by atoms with Crippen LogP contribution in [0.1, 0.15) is 11.6 Å². The van der Waals surface area contributed by atoms with Gasteiger partial charge in [-0.25, -0.2) is 0 Å². The maximum Gasteiger partial charge on any atom is 0.258 e. The van der Waals surface area contributed by atoms with Gasteiger partial charge in [0, 0.05) is 58.6 Å². The smallest absolute Gasteiger partial charge is 0.258 e. The third-order valence-electron chi connectivity index (χ3n) is 5.68. The second kappa shape index (κ2) is 11.0. The van der Waals surface area contributed by atoms with Gasteiger partial charge < -0.3 is 24.6 Å². The number of methoxy groups -OCH3 is 1. The molecule has 7 nitrogen and oxygen atoms in total. The number of ether oxygens (including phenoxy) is 2. The fraction of sp³-hybridized carbons (Fsp3) is 0.458. The molecule has 1 fully saturated rings. The number of hydrogen-bond acceptors (Lipinski definition) is 6. The number of amides is 1. The molecule has 0 spiro atoms. The molecule has 0 unspecified atom stereocenters. The van der Waals surface area contributed by atoms with Crippen molar-refractivity contribution in [1.29, 1.82) is 0 Å². The Morgan fingerprint density at radius 3 is 2.39 bits per heavy atom. The zero-order chi connectivity index (χ0) is 22.2. The lowest BCUT2D eigenvalue weighted by Gasteiger charge is -2.38. The van der Waals surface area contributed by atoms with E-state index in [9.17, 15) is 4.79 Å². The lowest BCUT2D eigenvalue weighted by molar-refractivity contribution is -0.123. The molecule has 0 aliphatic carbocycles. The van der Waals surface area contributed by atoms with Gasteiger partial charge in [-0.3, -0.25) is 9.69 Å². The van der Waals surface area contributed by atoms with Gasteiger partial charge in [-0.1, -0.05) is 18.2 Å². The van der Waals surface area contributed by atoms with Crippen molar-refractivity contribution < 1.29 is 14.3 Å². The maximum absolute atomic E-state index is 12.5. The molecule has 1 saturated heterocycles. The van der Waals surface area contributed by atoms with E-state index in [0.29, 0.717) is 18.0 Å². The number of anilines is 1. The van der Waals surface area contributed by atoms with Crippen LogP contribution in [-0.2, 0) is 4.79 Å². The van der Waals surface area contributed by atoms with E-state index in [-0.39, 0.29) is 18.6 Å². The lowest BCUT2D eigenvalue weighted by Crippen LogP contribution is -2.48. The maximum atomic E-state index is 12.5. The third kappa shape index (κ3) is 6.60. The topological polar surface area (TPSA) is 57.3 Å². The molecule has 1 aliphatic rings. The summed E-state index contributed by atoms with van der Waals surface area (Å²) in [6, 6.07) is 16.0. The molecule has 7 heteroatoms. The fourth-order valence-corrected chi connectivity index (χ4v) is 3.69. The van der Waals surface area contributed by atoms with Crippen molar-refractivity contribution in [3.8, 4) is 11.5 Å². The van der Waals surface area contributed by atoms with Crippen LogP contribution in [0.2, 0.25) is 0 Å². The average molecular weight is 427 g/mol. The summed E-state index contributed by atoms with van der Waals surface area (Å²) in [4.78, 5) is 19.4. The molecule has 1 aliphatic heterocycles. The predicted octanol–water partition coefficient (Wildman–Crippen LogP) is 2.24. The van der Waals surface area contributed by atoms with Crippen LogP contribution in [0.4, 0.5) is 5.69 Å². The van der Waals surface area contributed by atoms with E-state index in [4.69, 9.17) is 9.47 Å². The number of likely N-dealkylation sites (N-methyl/N-ethyl adjacent to an activating group) is 1. The Morgan fingerprint density at radius 1 is 1.06 bits per heavy atom. The van der Waals surface area contributed by atoms with Crippen molar-refractivity contribution in [1.82, 2.24) is 15.1 Å². The second-order valence-electron chi connectivity index (χ2n) is 8.11. The van der Waals surface area contributed by atoms with E-state index in [2.05, 4.69) is 51.3 Å². The summed E-state index contributed by atoms with van der Waals surface area (Å²) < 4.78 is 10.8. The minimum atomic E-state index is -0.133. The molecule has 1 N–H and O–H groups in total. The van der Waals surface area contributed by atoms with E-state index in [0.717, 1.165) is 31.9 Å². The van der Waals surface area contributed by atoms with Crippen molar-refractivity contribution in [2.75, 3.05) is 72.5 Å². The molecule has 0 bridgehead atoms. The summed E-state index contributed by atoms with van der Waals surface area (Å²) in [5.74, 6) is 1.19. The number of hydrogen-bond donors (Lipinski definition) is 1. The molecule has 3 rings (SSSR count). The highest BCUT2D eigenvalue weighted by Crippen LogP contribution is 2.24. The van der Waals surface area contributed by atoms with Crippen LogP contribution < -0.4 is 19.7 Å². The first-order valence-corrected chi connectivity index (χ1v) is 10.7. The van der Waals surface area contributed by atoms with Gasteiger partial charge in [-0.05, 0) is 36.9 Å². The number of piperazine rings is 1. The molecule has 0 radical (unpaired) electrons. The largest absolute Gasteiger partial charge is 0.497 e. The SMILES string of the molecule is COc1cccc(OCC(=O)NC[C@@H](c2ccc(N(C)C)cc2)N2CCN(C)CC2)c1. The van der Waals surface area contributed by atoms with E-state index in [1.807, 2.05) is 32.3 Å². The zero-order valence-corrected chi connectivity index (χ0v) is 19.0. The number of rotatable bonds is 9. The van der Waals surface area contributed by atoms with Crippen molar-refractivity contribution in [2.24, 2.45) is 0 Å². The standard InChI is InChI=1S/C24H34N4O3/c1-26(2)20-10-8-19(9-11-20)23(28-14-12-27(3)13-15-28)17-25-24(29)18-31-22-7-5-6-21(16-22)30-4/h5-11,16,23H,12-15,17-18H2,1-4H3,(H,25,29)/t23-/m0/s1. The van der Waals surface area contributed by atoms with E-state index < -0.39 is 0 Å². The van der Waals surface area contributed by atoms with Crippen LogP contribution in [0.3, 0.4) is 0 Å². The van der Waals surface area contributed by atoms with E-state index in [1.54, 1.807) is 13.2 Å². The highest BCUT2D eigenvalue weighted by Gasteiger charge is 2.24. The summed E-state index contributed by atoms with van der Waals surface area (Å²) in [6.07, 6.45) is 0. The van der Waals surface area contributed by atoms with Gasteiger partial charge in [0.2, 0.25) is 0 Å². The molecule has 1 amide bonds. The van der Waals surface area contributed by atoms with Crippen molar-refractivity contribution >= 4 is 11.6 Å². The summed E-state index contributed by atoms with van der Waals surface area (Å²) in [6.45, 7) is 4.53. The number of carbonyl (C=O) groups is 1. The molecule has 2 aromatic rings. The van der Waals surface area contributed by atoms with Crippen LogP contribution in [0, 0.1) is 0 Å². The first-order valence-electron chi connectivity index (χ1n) is 10.7. The molecule has 0 aromatic heterocycles. The van der Waals surface area contributed by atoms with Gasteiger partial charge in [-0.2, -0.15) is 0 Å². The summed E-state index contributed by atoms with van der Waals surface area (Å²) >= 11 is 0. The molecule has 31 heavy (non-hydrogen) atoms. The van der Waals surface area contributed by atoms with Gasteiger partial charge in [-0.15, -0.1) is 0 Å². The second-order valence-corrected chi connectivity index (χ2v) is 8.11. The van der Waals surface area contributed by atoms with Crippen LogP contribution in [0.15, 0.2) is 48.5 Å². The van der Waals surface area contributed by atoms with Gasteiger partial charge in [0.15, 0.2) is 6.61 Å². The van der Waals surface area contributed by atoms with E-state index >= 15 is 0 Å². The fourth-order valence-electron chi connectivity index (χ4n) is 3.69. The Kier molecular flexibility index (Phi) is 8.14. The normalized spacial score (nSPS) is 15.9. The summed E-state index contributed by atoms with van der Waals surface area (Å²) in [5, 5.41) is 3.07. The molecule has 1 atom stereocenters. The minimum Gasteiger partial charge on any atom is -0.497 e. The number of nitrogens with one attached hydrogen (secondary N) is 1.